The number of halogens is 2. The quantitative estimate of drug-likeness (QED) is 0.338. The van der Waals surface area contributed by atoms with Crippen molar-refractivity contribution in [2.24, 2.45) is 11.7 Å². The van der Waals surface area contributed by atoms with Crippen LogP contribution in [0.5, 0.6) is 11.8 Å². The molecule has 1 aliphatic heterocycles. The number of fused-ring (bicyclic) bond motifs is 5. The Bertz CT molecular complexity index is 1440. The van der Waals surface area contributed by atoms with Gasteiger partial charge in [-0.25, -0.2) is 18.7 Å². The molecule has 1 saturated heterocycles. The number of aromatic amines is 1. The molecule has 0 spiro atoms. The number of hydrogen-bond acceptors (Lipinski definition) is 9. The molecule has 4 atom stereocenters. The number of aromatic nitrogens is 5. The Kier molecular flexibility index (Phi) is 4.97. The lowest BCUT2D eigenvalue weighted by atomic mass is 10.0. The lowest BCUT2D eigenvalue weighted by molar-refractivity contribution is 0.188. The van der Waals surface area contributed by atoms with Crippen LogP contribution in [0.25, 0.3) is 21.9 Å². The molecule has 5 N–H and O–H groups in total. The normalized spacial score (nSPS) is 22.3. The molecular weight excluding hydrogens is 458 g/mol. The number of aliphatic hydroxyl groups excluding tert-OH is 1. The Morgan fingerprint density at radius 3 is 2.63 bits per heavy atom. The third-order valence-corrected chi connectivity index (χ3v) is 6.95. The summed E-state index contributed by atoms with van der Waals surface area (Å²) in [6.07, 6.45) is 3.72. The van der Waals surface area contributed by atoms with Crippen LogP contribution < -0.4 is 20.7 Å². The van der Waals surface area contributed by atoms with Crippen molar-refractivity contribution in [2.75, 3.05) is 23.8 Å². The van der Waals surface area contributed by atoms with Gasteiger partial charge in [0.15, 0.2) is 23.2 Å². The van der Waals surface area contributed by atoms with Crippen LogP contribution in [-0.2, 0) is 0 Å². The number of ether oxygens (including phenoxy) is 1. The molecule has 2 bridgehead atoms. The number of nitrogens with one attached hydrogen (secondary N) is 2. The summed E-state index contributed by atoms with van der Waals surface area (Å²) in [5, 5.41) is 13.0. The third-order valence-electron chi connectivity index (χ3n) is 6.95. The zero-order valence-corrected chi connectivity index (χ0v) is 19.1. The number of nitrogens with two attached hydrogens (primary N) is 1. The maximum absolute atomic E-state index is 15.2. The molecule has 10 nitrogen and oxygen atoms in total. The van der Waals surface area contributed by atoms with Crippen LogP contribution in [0.15, 0.2) is 18.5 Å². The highest BCUT2D eigenvalue weighted by Crippen LogP contribution is 2.44. The fourth-order valence-electron chi connectivity index (χ4n) is 5.26. The van der Waals surface area contributed by atoms with Gasteiger partial charge in [0, 0.05) is 31.7 Å². The molecule has 2 aliphatic rings. The van der Waals surface area contributed by atoms with Crippen molar-refractivity contribution < 1.29 is 18.6 Å². The molecule has 0 amide bonds. The Balaban J connectivity index is 1.53. The zero-order valence-electron chi connectivity index (χ0n) is 19.1. The van der Waals surface area contributed by atoms with Gasteiger partial charge >= 0.3 is 6.01 Å². The first-order valence-corrected chi connectivity index (χ1v) is 11.4. The van der Waals surface area contributed by atoms with Crippen LogP contribution in [0.2, 0.25) is 0 Å². The van der Waals surface area contributed by atoms with Crippen molar-refractivity contribution in [3.8, 4) is 11.8 Å². The molecule has 1 saturated carbocycles. The van der Waals surface area contributed by atoms with Crippen LogP contribution in [0, 0.1) is 17.6 Å². The van der Waals surface area contributed by atoms with Crippen molar-refractivity contribution in [1.82, 2.24) is 24.9 Å². The van der Waals surface area contributed by atoms with Gasteiger partial charge in [0.25, 0.3) is 0 Å². The first-order valence-electron chi connectivity index (χ1n) is 11.4. The van der Waals surface area contributed by atoms with Gasteiger partial charge in [-0.1, -0.05) is 0 Å². The summed E-state index contributed by atoms with van der Waals surface area (Å²) in [5.41, 5.74) is 7.35. The Morgan fingerprint density at radius 2 is 2.00 bits per heavy atom. The average Bonchev–Trinajstić information content (AvgIpc) is 3.53. The summed E-state index contributed by atoms with van der Waals surface area (Å²) in [5.74, 6) is -0.638. The van der Waals surface area contributed by atoms with E-state index in [1.807, 2.05) is 0 Å². The second kappa shape index (κ2) is 7.95. The monoisotopic (exact) mass is 482 g/mol. The smallest absolute Gasteiger partial charge is 0.326 e. The molecule has 0 unspecified atom stereocenters. The van der Waals surface area contributed by atoms with Crippen LogP contribution >= 0.6 is 0 Å². The minimum atomic E-state index is -0.966. The van der Waals surface area contributed by atoms with E-state index in [4.69, 9.17) is 10.5 Å². The number of rotatable bonds is 5. The summed E-state index contributed by atoms with van der Waals surface area (Å²) in [6, 6.07) is 1.36. The molecule has 1 aliphatic carbocycles. The van der Waals surface area contributed by atoms with E-state index in [1.165, 1.54) is 12.4 Å². The van der Waals surface area contributed by atoms with Crippen molar-refractivity contribution in [3.63, 3.8) is 0 Å². The first kappa shape index (κ1) is 21.9. The molecule has 182 valence electrons. The molecule has 4 aromatic rings. The predicted molar refractivity (Wildman–Crippen MR) is 125 cm³/mol. The van der Waals surface area contributed by atoms with E-state index in [-0.39, 0.29) is 35.1 Å². The van der Waals surface area contributed by atoms with Gasteiger partial charge in [0.2, 0.25) is 0 Å². The molecule has 0 radical (unpaired) electrons. The largest absolute Gasteiger partial charge is 0.421 e. The van der Waals surface area contributed by atoms with Crippen LogP contribution in [0.3, 0.4) is 0 Å². The number of hydrogen-bond donors (Lipinski definition) is 4. The Morgan fingerprint density at radius 1 is 1.23 bits per heavy atom. The van der Waals surface area contributed by atoms with Crippen molar-refractivity contribution in [3.05, 3.63) is 35.9 Å². The van der Waals surface area contributed by atoms with Gasteiger partial charge < -0.3 is 30.8 Å². The second-order valence-electron chi connectivity index (χ2n) is 9.15. The topological polar surface area (TPSA) is 138 Å². The summed E-state index contributed by atoms with van der Waals surface area (Å²) in [7, 11) is 1.64. The van der Waals surface area contributed by atoms with E-state index in [0.717, 1.165) is 18.9 Å². The molecule has 4 heterocycles. The molecular formula is C23H24F2N8O2. The number of anilines is 2. The maximum Gasteiger partial charge on any atom is 0.326 e. The summed E-state index contributed by atoms with van der Waals surface area (Å²) < 4.78 is 35.5. The Labute approximate surface area is 198 Å². The number of aliphatic hydroxyl groups is 1. The fraction of sp³-hybridized carbons (Fsp3) is 0.391. The SMILES string of the molecule is CNc1cc(F)c(F)c2c1[nH]c1nc(Oc3cnc([C@H](C)O)nc3)nc(N3C[C@H]4C[C@@H]3C[C@H]4N)c12. The minimum Gasteiger partial charge on any atom is -0.421 e. The van der Waals surface area contributed by atoms with Crippen LogP contribution in [0.1, 0.15) is 31.7 Å². The number of nitrogens with zero attached hydrogens (tertiary/aromatic N) is 5. The summed E-state index contributed by atoms with van der Waals surface area (Å²) in [6.45, 7) is 2.22. The van der Waals surface area contributed by atoms with E-state index >= 15 is 4.39 Å². The van der Waals surface area contributed by atoms with Gasteiger partial charge in [0.05, 0.1) is 34.4 Å². The minimum absolute atomic E-state index is 0.00594. The highest BCUT2D eigenvalue weighted by Gasteiger charge is 2.44. The Hall–Kier alpha value is -3.64. The van der Waals surface area contributed by atoms with E-state index in [1.54, 1.807) is 14.0 Å². The number of H-pyrrole nitrogens is 1. The summed E-state index contributed by atoms with van der Waals surface area (Å²) in [4.78, 5) is 22.5. The van der Waals surface area contributed by atoms with E-state index in [9.17, 15) is 9.50 Å². The fourth-order valence-corrected chi connectivity index (χ4v) is 5.26. The van der Waals surface area contributed by atoms with Gasteiger partial charge in [-0.2, -0.15) is 9.97 Å². The highest BCUT2D eigenvalue weighted by molar-refractivity contribution is 6.15. The van der Waals surface area contributed by atoms with E-state index in [0.29, 0.717) is 40.5 Å². The van der Waals surface area contributed by atoms with Gasteiger partial charge in [-0.3, -0.25) is 0 Å². The van der Waals surface area contributed by atoms with Gasteiger partial charge in [-0.15, -0.1) is 0 Å². The number of piperidine rings is 1. The lowest BCUT2D eigenvalue weighted by Crippen LogP contribution is -2.41. The van der Waals surface area contributed by atoms with E-state index in [2.05, 4.69) is 35.1 Å². The molecule has 1 aromatic carbocycles. The second-order valence-corrected chi connectivity index (χ2v) is 9.15. The first-order chi connectivity index (χ1) is 16.8. The zero-order chi connectivity index (χ0) is 24.4. The van der Waals surface area contributed by atoms with Crippen molar-refractivity contribution in [2.45, 2.75) is 38.0 Å². The predicted octanol–water partition coefficient (Wildman–Crippen LogP) is 2.99. The van der Waals surface area contributed by atoms with Crippen molar-refractivity contribution in [1.29, 1.82) is 0 Å². The summed E-state index contributed by atoms with van der Waals surface area (Å²) >= 11 is 0. The van der Waals surface area contributed by atoms with Crippen LogP contribution in [0.4, 0.5) is 20.3 Å². The van der Waals surface area contributed by atoms with E-state index < -0.39 is 17.7 Å². The molecule has 3 aromatic heterocycles. The van der Waals surface area contributed by atoms with Gasteiger partial charge in [0.1, 0.15) is 17.6 Å². The molecule has 35 heavy (non-hydrogen) atoms. The lowest BCUT2D eigenvalue weighted by Gasteiger charge is -2.31. The van der Waals surface area contributed by atoms with Gasteiger partial charge in [-0.05, 0) is 25.7 Å². The standard InChI is InChI=1S/C23H24F2N8O2/c1-9(34)20-28-6-12(7-29-20)35-23-31-21-17(16-18(25)13(24)5-15(27-2)19(16)30-21)22(32-23)33-8-10-3-11(33)4-14(10)26/h5-7,9-11,14,27,34H,3-4,8,26H2,1-2H3,(H,30,31,32)/t9-,10+,11+,14+/m0/s1. The van der Waals surface area contributed by atoms with Crippen molar-refractivity contribution >= 4 is 33.4 Å². The number of benzene rings is 1. The molecule has 12 heteroatoms. The highest BCUT2D eigenvalue weighted by atomic mass is 19.2. The molecule has 6 rings (SSSR count). The van der Waals surface area contributed by atoms with Crippen LogP contribution in [-0.4, -0.2) is 55.7 Å². The third kappa shape index (κ3) is 3.43. The average molecular weight is 482 g/mol. The molecule has 2 fully saturated rings. The maximum atomic E-state index is 15.2.